The number of halogens is 2. The lowest BCUT2D eigenvalue weighted by molar-refractivity contribution is -0.287. The number of aromatic nitrogens is 2. The normalized spacial score (nSPS) is 19.4. The number of Topliss-reactive ketones (excluding diaryl/α,β-unsaturated/α-hetero) is 1. The van der Waals surface area contributed by atoms with Gasteiger partial charge in [-0.2, -0.15) is 0 Å². The minimum atomic E-state index is -0.679. The fourth-order valence-corrected chi connectivity index (χ4v) is 5.92. The van der Waals surface area contributed by atoms with E-state index >= 15 is 0 Å². The van der Waals surface area contributed by atoms with Gasteiger partial charge in [-0.05, 0) is 62.6 Å². The molecular formula is C31H30F2N2O4. The average Bonchev–Trinajstić information content (AvgIpc) is 3.40. The summed E-state index contributed by atoms with van der Waals surface area (Å²) in [6, 6.07) is 15.3. The second kappa shape index (κ2) is 9.54. The van der Waals surface area contributed by atoms with Crippen molar-refractivity contribution in [1.82, 2.24) is 9.38 Å². The summed E-state index contributed by atoms with van der Waals surface area (Å²) in [5.41, 5.74) is 3.32. The number of hydrogen-bond donors (Lipinski definition) is 0. The zero-order chi connectivity index (χ0) is 27.4. The van der Waals surface area contributed by atoms with E-state index in [9.17, 15) is 13.6 Å². The van der Waals surface area contributed by atoms with Crippen molar-refractivity contribution in [3.05, 3.63) is 101 Å². The minimum absolute atomic E-state index is 0.0526. The third-order valence-corrected chi connectivity index (χ3v) is 8.00. The fraction of sp³-hybridized carbons (Fsp3) is 0.355. The Morgan fingerprint density at radius 3 is 2.51 bits per heavy atom. The number of carbonyl (C=O) groups is 1. The molecule has 1 atom stereocenters. The van der Waals surface area contributed by atoms with Gasteiger partial charge in [0.2, 0.25) is 0 Å². The molecule has 1 fully saturated rings. The molecule has 0 saturated carbocycles. The van der Waals surface area contributed by atoms with E-state index in [1.807, 2.05) is 26.0 Å². The Hall–Kier alpha value is -3.62. The van der Waals surface area contributed by atoms with E-state index < -0.39 is 17.4 Å². The van der Waals surface area contributed by atoms with Crippen molar-refractivity contribution in [1.29, 1.82) is 0 Å². The van der Waals surface area contributed by atoms with Crippen LogP contribution in [0.1, 0.15) is 59.1 Å². The van der Waals surface area contributed by atoms with Crippen LogP contribution in [0.3, 0.4) is 0 Å². The first-order valence-corrected chi connectivity index (χ1v) is 13.1. The molecule has 0 amide bonds. The highest BCUT2D eigenvalue weighted by atomic mass is 19.1. The number of aryl methyl sites for hydroxylation is 1. The molecule has 1 unspecified atom stereocenters. The molecule has 3 heterocycles. The molecule has 6 nitrogen and oxygen atoms in total. The van der Waals surface area contributed by atoms with Gasteiger partial charge < -0.3 is 14.2 Å². The maximum absolute atomic E-state index is 14.1. The van der Waals surface area contributed by atoms with Crippen LogP contribution in [0.15, 0.2) is 60.8 Å². The molecule has 202 valence electrons. The Balaban J connectivity index is 1.30. The summed E-state index contributed by atoms with van der Waals surface area (Å²) in [4.78, 5) is 18.6. The van der Waals surface area contributed by atoms with Gasteiger partial charge in [-0.3, -0.25) is 9.20 Å². The second-order valence-electron chi connectivity index (χ2n) is 11.0. The van der Waals surface area contributed by atoms with E-state index in [1.165, 1.54) is 23.8 Å². The van der Waals surface area contributed by atoms with Crippen LogP contribution in [0.2, 0.25) is 0 Å². The third-order valence-electron chi connectivity index (χ3n) is 8.00. The molecule has 1 spiro atoms. The summed E-state index contributed by atoms with van der Waals surface area (Å²) >= 11 is 0. The van der Waals surface area contributed by atoms with Gasteiger partial charge in [-0.15, -0.1) is 0 Å². The molecule has 1 aliphatic carbocycles. The fourth-order valence-electron chi connectivity index (χ4n) is 5.92. The number of pyridine rings is 1. The molecule has 2 aromatic carbocycles. The van der Waals surface area contributed by atoms with Gasteiger partial charge in [-0.25, -0.2) is 13.8 Å². The molecule has 6 rings (SSSR count). The van der Waals surface area contributed by atoms with Crippen LogP contribution in [-0.4, -0.2) is 34.2 Å². The smallest absolute Gasteiger partial charge is 0.182 e. The van der Waals surface area contributed by atoms with Crippen molar-refractivity contribution in [2.45, 2.75) is 51.9 Å². The van der Waals surface area contributed by atoms with Gasteiger partial charge in [0.25, 0.3) is 0 Å². The zero-order valence-corrected chi connectivity index (χ0v) is 22.2. The van der Waals surface area contributed by atoms with Gasteiger partial charge >= 0.3 is 0 Å². The topological polar surface area (TPSA) is 62.1 Å². The monoisotopic (exact) mass is 532 g/mol. The third kappa shape index (κ3) is 4.51. The van der Waals surface area contributed by atoms with E-state index in [4.69, 9.17) is 14.2 Å². The first kappa shape index (κ1) is 25.6. The van der Waals surface area contributed by atoms with Crippen LogP contribution < -0.4 is 4.74 Å². The predicted molar refractivity (Wildman–Crippen MR) is 141 cm³/mol. The van der Waals surface area contributed by atoms with Crippen LogP contribution in [0.25, 0.3) is 5.65 Å². The summed E-state index contributed by atoms with van der Waals surface area (Å²) in [7, 11) is 0. The van der Waals surface area contributed by atoms with Crippen LogP contribution in [0.5, 0.6) is 5.75 Å². The predicted octanol–water partition coefficient (Wildman–Crippen LogP) is 6.18. The number of ketones is 1. The maximum Gasteiger partial charge on any atom is 0.182 e. The zero-order valence-electron chi connectivity index (χ0n) is 22.2. The van der Waals surface area contributed by atoms with Gasteiger partial charge in [0.05, 0.1) is 24.5 Å². The molecule has 4 aromatic rings. The van der Waals surface area contributed by atoms with Crippen molar-refractivity contribution >= 4 is 11.4 Å². The lowest BCUT2D eigenvalue weighted by Gasteiger charge is -2.44. The lowest BCUT2D eigenvalue weighted by Crippen LogP contribution is -2.49. The Kier molecular flexibility index (Phi) is 6.27. The van der Waals surface area contributed by atoms with Crippen molar-refractivity contribution in [2.24, 2.45) is 5.41 Å². The Labute approximate surface area is 225 Å². The summed E-state index contributed by atoms with van der Waals surface area (Å²) in [6.07, 6.45) is 2.81. The Bertz CT molecular complexity index is 1550. The summed E-state index contributed by atoms with van der Waals surface area (Å²) in [6.45, 7) is 6.31. The Morgan fingerprint density at radius 2 is 1.77 bits per heavy atom. The number of ether oxygens (including phenoxy) is 3. The molecule has 8 heteroatoms. The van der Waals surface area contributed by atoms with E-state index in [0.717, 1.165) is 12.0 Å². The summed E-state index contributed by atoms with van der Waals surface area (Å²) in [5.74, 6) is -1.81. The highest BCUT2D eigenvalue weighted by molar-refractivity contribution is 5.97. The molecular weight excluding hydrogens is 502 g/mol. The molecule has 2 aromatic heterocycles. The largest absolute Gasteiger partial charge is 0.485 e. The van der Waals surface area contributed by atoms with Crippen molar-refractivity contribution < 1.29 is 27.8 Å². The number of carbonyl (C=O) groups excluding carboxylic acids is 1. The van der Waals surface area contributed by atoms with Crippen LogP contribution in [0, 0.1) is 24.0 Å². The van der Waals surface area contributed by atoms with E-state index in [0.29, 0.717) is 36.0 Å². The van der Waals surface area contributed by atoms with Crippen LogP contribution >= 0.6 is 0 Å². The quantitative estimate of drug-likeness (QED) is 0.278. The molecule has 0 bridgehead atoms. The molecule has 0 radical (unpaired) electrons. The van der Waals surface area contributed by atoms with Gasteiger partial charge in [0.15, 0.2) is 23.0 Å². The van der Waals surface area contributed by atoms with Gasteiger partial charge in [0.1, 0.15) is 23.9 Å². The summed E-state index contributed by atoms with van der Waals surface area (Å²) < 4.78 is 48.0. The highest BCUT2D eigenvalue weighted by Gasteiger charge is 2.51. The average molecular weight is 533 g/mol. The number of hydrogen-bond acceptors (Lipinski definition) is 5. The number of rotatable bonds is 6. The lowest BCUT2D eigenvalue weighted by atomic mass is 9.74. The first-order chi connectivity index (χ1) is 18.7. The number of imidazole rings is 1. The standard InChI is InChI=1S/C31H30F2N2O4/c1-19-28(35-13-7-12-27(29(35)34-19)37-16-22-24(32)10-6-11-25(22)33)26(36)14-23-21-9-5-4-8-20(21)15-31(23)17-38-30(2,3)39-18-31/h4-13,23H,14-18H2,1-3H3. The van der Waals surface area contributed by atoms with E-state index in [-0.39, 0.29) is 35.7 Å². The Morgan fingerprint density at radius 1 is 1.05 bits per heavy atom. The van der Waals surface area contributed by atoms with E-state index in [2.05, 4.69) is 17.1 Å². The molecule has 2 aliphatic rings. The van der Waals surface area contributed by atoms with Gasteiger partial charge in [-0.1, -0.05) is 30.3 Å². The number of fused-ring (bicyclic) bond motifs is 2. The van der Waals surface area contributed by atoms with Gasteiger partial charge in [0, 0.05) is 24.0 Å². The minimum Gasteiger partial charge on any atom is -0.485 e. The molecule has 39 heavy (non-hydrogen) atoms. The van der Waals surface area contributed by atoms with Crippen molar-refractivity contribution in [3.63, 3.8) is 0 Å². The van der Waals surface area contributed by atoms with Crippen molar-refractivity contribution in [3.8, 4) is 5.75 Å². The number of nitrogens with zero attached hydrogens (tertiary/aromatic N) is 2. The highest BCUT2D eigenvalue weighted by Crippen LogP contribution is 2.52. The van der Waals surface area contributed by atoms with Crippen LogP contribution in [-0.2, 0) is 22.5 Å². The second-order valence-corrected chi connectivity index (χ2v) is 11.0. The van der Waals surface area contributed by atoms with E-state index in [1.54, 1.807) is 29.7 Å². The summed E-state index contributed by atoms with van der Waals surface area (Å²) in [5, 5.41) is 0. The van der Waals surface area contributed by atoms with Crippen molar-refractivity contribution in [2.75, 3.05) is 13.2 Å². The SMILES string of the molecule is Cc1nc2c(OCc3c(F)cccc3F)cccn2c1C(=O)CC1c2ccccc2CC12COC(C)(C)OC2. The van der Waals surface area contributed by atoms with Crippen LogP contribution in [0.4, 0.5) is 8.78 Å². The first-order valence-electron chi connectivity index (χ1n) is 13.1. The molecule has 1 saturated heterocycles. The molecule has 0 N–H and O–H groups in total. The molecule has 1 aliphatic heterocycles. The maximum atomic E-state index is 14.1. The number of benzene rings is 2.